The van der Waals surface area contributed by atoms with E-state index in [0.717, 1.165) is 37.6 Å². The Labute approximate surface area is 126 Å². The summed E-state index contributed by atoms with van der Waals surface area (Å²) >= 11 is 0. The first-order chi connectivity index (χ1) is 10.2. The second-order valence-electron chi connectivity index (χ2n) is 6.38. The number of nitrogens with one attached hydrogen (secondary N) is 2. The maximum absolute atomic E-state index is 11.8. The molecule has 2 heterocycles. The predicted octanol–water partition coefficient (Wildman–Crippen LogP) is 2.51. The fourth-order valence-corrected chi connectivity index (χ4v) is 2.88. The summed E-state index contributed by atoms with van der Waals surface area (Å²) in [7, 11) is 0. The van der Waals surface area contributed by atoms with E-state index in [1.165, 1.54) is 12.8 Å². The van der Waals surface area contributed by atoms with Crippen molar-refractivity contribution in [1.82, 2.24) is 15.5 Å². The Morgan fingerprint density at radius 1 is 1.38 bits per heavy atom. The van der Waals surface area contributed by atoms with Crippen molar-refractivity contribution in [3.05, 3.63) is 24.2 Å². The van der Waals surface area contributed by atoms with E-state index in [0.29, 0.717) is 12.6 Å². The molecule has 1 aliphatic heterocycles. The zero-order valence-electron chi connectivity index (χ0n) is 12.7. The van der Waals surface area contributed by atoms with Crippen LogP contribution in [0.3, 0.4) is 0 Å². The molecule has 3 rings (SSSR count). The lowest BCUT2D eigenvalue weighted by Crippen LogP contribution is -2.44. The van der Waals surface area contributed by atoms with Crippen LogP contribution in [0.15, 0.2) is 22.8 Å². The molecule has 2 aliphatic rings. The second-order valence-corrected chi connectivity index (χ2v) is 6.38. The Balaban J connectivity index is 1.57. The SMILES string of the molecule is CC1CCN(C(CNC(=O)NC2CC2)c2ccco2)CC1. The molecule has 2 fully saturated rings. The molecule has 2 N–H and O–H groups in total. The van der Waals surface area contributed by atoms with E-state index in [2.05, 4.69) is 22.5 Å². The van der Waals surface area contributed by atoms with Crippen LogP contribution in [0, 0.1) is 5.92 Å². The van der Waals surface area contributed by atoms with Gasteiger partial charge in [-0.25, -0.2) is 4.79 Å². The predicted molar refractivity (Wildman–Crippen MR) is 81.0 cm³/mol. The van der Waals surface area contributed by atoms with Gasteiger partial charge in [0.15, 0.2) is 0 Å². The summed E-state index contributed by atoms with van der Waals surface area (Å²) in [6.45, 7) is 5.04. The lowest BCUT2D eigenvalue weighted by atomic mass is 9.97. The molecule has 21 heavy (non-hydrogen) atoms. The summed E-state index contributed by atoms with van der Waals surface area (Å²) in [4.78, 5) is 14.3. The maximum atomic E-state index is 11.8. The minimum atomic E-state index is -0.0561. The smallest absolute Gasteiger partial charge is 0.315 e. The van der Waals surface area contributed by atoms with Gasteiger partial charge in [0.05, 0.1) is 12.3 Å². The third kappa shape index (κ3) is 4.00. The van der Waals surface area contributed by atoms with Crippen molar-refractivity contribution in [2.45, 2.75) is 44.7 Å². The van der Waals surface area contributed by atoms with E-state index in [1.807, 2.05) is 12.1 Å². The van der Waals surface area contributed by atoms with Crippen LogP contribution < -0.4 is 10.6 Å². The van der Waals surface area contributed by atoms with Crippen LogP contribution >= 0.6 is 0 Å². The lowest BCUT2D eigenvalue weighted by Gasteiger charge is -2.35. The molecule has 1 saturated carbocycles. The van der Waals surface area contributed by atoms with Gasteiger partial charge in [0.25, 0.3) is 0 Å². The lowest BCUT2D eigenvalue weighted by molar-refractivity contribution is 0.122. The van der Waals surface area contributed by atoms with Crippen molar-refractivity contribution >= 4 is 6.03 Å². The highest BCUT2D eigenvalue weighted by Gasteiger charge is 2.28. The van der Waals surface area contributed by atoms with E-state index in [-0.39, 0.29) is 12.1 Å². The average Bonchev–Trinajstić information content (AvgIpc) is 3.12. The molecular formula is C16H25N3O2. The number of carbonyl (C=O) groups is 1. The molecule has 0 bridgehead atoms. The Morgan fingerprint density at radius 2 is 2.14 bits per heavy atom. The summed E-state index contributed by atoms with van der Waals surface area (Å²) < 4.78 is 5.59. The maximum Gasteiger partial charge on any atom is 0.315 e. The number of furan rings is 1. The fourth-order valence-electron chi connectivity index (χ4n) is 2.88. The first-order valence-electron chi connectivity index (χ1n) is 8.04. The van der Waals surface area contributed by atoms with E-state index in [1.54, 1.807) is 6.26 Å². The number of amides is 2. The standard InChI is InChI=1S/C16H25N3O2/c1-12-6-8-19(9-7-12)14(15-3-2-10-21-15)11-17-16(20)18-13-4-5-13/h2-3,10,12-14H,4-9,11H2,1H3,(H2,17,18,20). The third-order valence-corrected chi connectivity index (χ3v) is 4.50. The number of piperidine rings is 1. The molecule has 2 amide bonds. The van der Waals surface area contributed by atoms with Gasteiger partial charge in [0.1, 0.15) is 5.76 Å². The fraction of sp³-hybridized carbons (Fsp3) is 0.688. The highest BCUT2D eigenvalue weighted by Crippen LogP contribution is 2.26. The van der Waals surface area contributed by atoms with Gasteiger partial charge in [-0.2, -0.15) is 0 Å². The molecule has 1 saturated heterocycles. The van der Waals surface area contributed by atoms with Crippen LogP contribution in [-0.2, 0) is 0 Å². The molecule has 5 heteroatoms. The molecule has 1 unspecified atom stereocenters. The van der Waals surface area contributed by atoms with E-state index >= 15 is 0 Å². The summed E-state index contributed by atoms with van der Waals surface area (Å²) in [5.74, 6) is 1.74. The quantitative estimate of drug-likeness (QED) is 0.876. The van der Waals surface area contributed by atoms with Crippen LogP contribution in [0.1, 0.15) is 44.4 Å². The van der Waals surface area contributed by atoms with Gasteiger partial charge in [-0.15, -0.1) is 0 Å². The minimum absolute atomic E-state index is 0.0561. The average molecular weight is 291 g/mol. The number of likely N-dealkylation sites (tertiary alicyclic amines) is 1. The summed E-state index contributed by atoms with van der Waals surface area (Å²) in [5.41, 5.74) is 0. The van der Waals surface area contributed by atoms with Gasteiger partial charge in [0, 0.05) is 12.6 Å². The molecule has 1 aliphatic carbocycles. The normalized spacial score (nSPS) is 22.0. The Hall–Kier alpha value is -1.49. The van der Waals surface area contributed by atoms with Crippen molar-refractivity contribution in [3.63, 3.8) is 0 Å². The van der Waals surface area contributed by atoms with Crippen LogP contribution in [0.2, 0.25) is 0 Å². The van der Waals surface area contributed by atoms with E-state index < -0.39 is 0 Å². The minimum Gasteiger partial charge on any atom is -0.468 e. The summed E-state index contributed by atoms with van der Waals surface area (Å²) in [5, 5.41) is 5.96. The highest BCUT2D eigenvalue weighted by atomic mass is 16.3. The molecule has 5 nitrogen and oxygen atoms in total. The Kier molecular flexibility index (Phi) is 4.48. The molecular weight excluding hydrogens is 266 g/mol. The van der Waals surface area contributed by atoms with Crippen LogP contribution in [0.25, 0.3) is 0 Å². The number of hydrogen-bond acceptors (Lipinski definition) is 3. The molecule has 1 aromatic heterocycles. The van der Waals surface area contributed by atoms with Crippen molar-refractivity contribution in [3.8, 4) is 0 Å². The molecule has 1 atom stereocenters. The molecule has 0 aromatic carbocycles. The van der Waals surface area contributed by atoms with Gasteiger partial charge >= 0.3 is 6.03 Å². The number of nitrogens with zero attached hydrogens (tertiary/aromatic N) is 1. The van der Waals surface area contributed by atoms with E-state index in [9.17, 15) is 4.79 Å². The number of carbonyl (C=O) groups excluding carboxylic acids is 1. The largest absolute Gasteiger partial charge is 0.468 e. The van der Waals surface area contributed by atoms with Gasteiger partial charge in [-0.3, -0.25) is 4.90 Å². The highest BCUT2D eigenvalue weighted by molar-refractivity contribution is 5.74. The van der Waals surface area contributed by atoms with Crippen molar-refractivity contribution < 1.29 is 9.21 Å². The molecule has 0 spiro atoms. The zero-order valence-corrected chi connectivity index (χ0v) is 12.7. The zero-order chi connectivity index (χ0) is 14.7. The molecule has 1 aromatic rings. The van der Waals surface area contributed by atoms with Gasteiger partial charge in [0.2, 0.25) is 0 Å². The Bertz CT molecular complexity index is 448. The summed E-state index contributed by atoms with van der Waals surface area (Å²) in [6, 6.07) is 4.39. The van der Waals surface area contributed by atoms with Crippen molar-refractivity contribution in [1.29, 1.82) is 0 Å². The molecule has 116 valence electrons. The Morgan fingerprint density at radius 3 is 2.76 bits per heavy atom. The van der Waals surface area contributed by atoms with Crippen LogP contribution in [0.5, 0.6) is 0 Å². The number of hydrogen-bond donors (Lipinski definition) is 2. The first-order valence-corrected chi connectivity index (χ1v) is 8.04. The van der Waals surface area contributed by atoms with Crippen molar-refractivity contribution in [2.24, 2.45) is 5.92 Å². The number of urea groups is 1. The van der Waals surface area contributed by atoms with Crippen LogP contribution in [0.4, 0.5) is 4.79 Å². The monoisotopic (exact) mass is 291 g/mol. The van der Waals surface area contributed by atoms with Crippen molar-refractivity contribution in [2.75, 3.05) is 19.6 Å². The number of rotatable bonds is 5. The summed E-state index contributed by atoms with van der Waals surface area (Å²) in [6.07, 6.45) is 6.36. The van der Waals surface area contributed by atoms with Crippen LogP contribution in [-0.4, -0.2) is 36.6 Å². The van der Waals surface area contributed by atoms with E-state index in [4.69, 9.17) is 4.42 Å². The van der Waals surface area contributed by atoms with Gasteiger partial charge in [-0.1, -0.05) is 6.92 Å². The first kappa shape index (κ1) is 14.4. The van der Waals surface area contributed by atoms with Gasteiger partial charge < -0.3 is 15.1 Å². The second kappa shape index (κ2) is 6.52. The topological polar surface area (TPSA) is 57.5 Å². The third-order valence-electron chi connectivity index (χ3n) is 4.50. The molecule has 0 radical (unpaired) electrons. The van der Waals surface area contributed by atoms with Gasteiger partial charge in [-0.05, 0) is 56.8 Å².